The number of anilines is 1. The second-order valence-corrected chi connectivity index (χ2v) is 5.04. The maximum absolute atomic E-state index is 13.8. The molecule has 0 aromatic carbocycles. The summed E-state index contributed by atoms with van der Waals surface area (Å²) in [4.78, 5) is 17.2. The van der Waals surface area contributed by atoms with Gasteiger partial charge in [-0.25, -0.2) is 9.37 Å². The Hall–Kier alpha value is -1.17. The molecule has 0 saturated heterocycles. The first-order valence-electron chi connectivity index (χ1n) is 5.85. The van der Waals surface area contributed by atoms with Crippen molar-refractivity contribution < 1.29 is 13.9 Å². The first-order chi connectivity index (χ1) is 8.61. The van der Waals surface area contributed by atoms with E-state index in [2.05, 4.69) is 20.9 Å². The van der Waals surface area contributed by atoms with Crippen LogP contribution in [0.2, 0.25) is 0 Å². The summed E-state index contributed by atoms with van der Waals surface area (Å²) in [7, 11) is 0. The van der Waals surface area contributed by atoms with Gasteiger partial charge in [-0.1, -0.05) is 0 Å². The fraction of sp³-hybridized carbons (Fsp3) is 0.500. The molecule has 1 aliphatic carbocycles. The van der Waals surface area contributed by atoms with Crippen LogP contribution in [0.15, 0.2) is 16.7 Å². The number of pyridine rings is 1. The second-order valence-electron chi connectivity index (χ2n) is 4.12. The van der Waals surface area contributed by atoms with Gasteiger partial charge >= 0.3 is 5.97 Å². The zero-order valence-electron chi connectivity index (χ0n) is 10.0. The minimum Gasteiger partial charge on any atom is -0.465 e. The average Bonchev–Trinajstić information content (AvgIpc) is 3.11. The van der Waals surface area contributed by atoms with Gasteiger partial charge in [-0.2, -0.15) is 0 Å². The first kappa shape index (κ1) is 13.3. The van der Waals surface area contributed by atoms with Crippen LogP contribution in [0.25, 0.3) is 0 Å². The minimum absolute atomic E-state index is 0.0457. The molecule has 4 nitrogen and oxygen atoms in total. The predicted molar refractivity (Wildman–Crippen MR) is 68.9 cm³/mol. The Kier molecular flexibility index (Phi) is 4.16. The molecule has 6 heteroatoms. The van der Waals surface area contributed by atoms with Crippen molar-refractivity contribution in [3.05, 3.63) is 22.6 Å². The summed E-state index contributed by atoms with van der Waals surface area (Å²) in [6.07, 6.45) is 3.44. The maximum atomic E-state index is 13.8. The number of hydrogen-bond acceptors (Lipinski definition) is 4. The average molecular weight is 317 g/mol. The minimum atomic E-state index is -0.430. The highest BCUT2D eigenvalue weighted by atomic mass is 79.9. The van der Waals surface area contributed by atoms with Crippen molar-refractivity contribution in [1.29, 1.82) is 0 Å². The number of halogens is 2. The Labute approximate surface area is 113 Å². The third kappa shape index (κ3) is 3.19. The van der Waals surface area contributed by atoms with Crippen LogP contribution in [-0.2, 0) is 9.53 Å². The fourth-order valence-corrected chi connectivity index (χ4v) is 2.03. The van der Waals surface area contributed by atoms with Gasteiger partial charge in [-0.05, 0) is 41.8 Å². The zero-order chi connectivity index (χ0) is 13.1. The van der Waals surface area contributed by atoms with E-state index < -0.39 is 5.82 Å². The van der Waals surface area contributed by atoms with Crippen LogP contribution >= 0.6 is 15.9 Å². The monoisotopic (exact) mass is 316 g/mol. The lowest BCUT2D eigenvalue weighted by Gasteiger charge is -2.22. The van der Waals surface area contributed by atoms with Crippen molar-refractivity contribution in [2.24, 2.45) is 0 Å². The highest BCUT2D eigenvalue weighted by Crippen LogP contribution is 2.32. The zero-order valence-corrected chi connectivity index (χ0v) is 11.6. The summed E-state index contributed by atoms with van der Waals surface area (Å²) in [5.41, 5.74) is 0. The van der Waals surface area contributed by atoms with E-state index in [0.29, 0.717) is 11.1 Å². The molecule has 0 radical (unpaired) electrons. The molecule has 2 rings (SSSR count). The summed E-state index contributed by atoms with van der Waals surface area (Å²) in [5, 5.41) is 0. The maximum Gasteiger partial charge on any atom is 0.325 e. The van der Waals surface area contributed by atoms with Crippen LogP contribution in [0.4, 0.5) is 10.2 Å². The summed E-state index contributed by atoms with van der Waals surface area (Å²) < 4.78 is 19.3. The van der Waals surface area contributed by atoms with E-state index in [4.69, 9.17) is 4.74 Å². The van der Waals surface area contributed by atoms with Crippen LogP contribution in [0.1, 0.15) is 19.8 Å². The molecule has 98 valence electrons. The lowest BCUT2D eigenvalue weighted by molar-refractivity contribution is -0.141. The van der Waals surface area contributed by atoms with E-state index in [1.807, 2.05) is 0 Å². The van der Waals surface area contributed by atoms with Crippen LogP contribution in [-0.4, -0.2) is 30.1 Å². The number of carbonyl (C=O) groups is 1. The normalized spacial score (nSPS) is 14.4. The smallest absolute Gasteiger partial charge is 0.325 e. The Morgan fingerprint density at radius 1 is 1.67 bits per heavy atom. The molecule has 1 fully saturated rings. The molecular formula is C12H14BrFN2O2. The van der Waals surface area contributed by atoms with E-state index in [9.17, 15) is 9.18 Å². The number of ether oxygens (including phenoxy) is 1. The Morgan fingerprint density at radius 2 is 2.39 bits per heavy atom. The summed E-state index contributed by atoms with van der Waals surface area (Å²) >= 11 is 3.16. The first-order valence-corrected chi connectivity index (χ1v) is 6.64. The van der Waals surface area contributed by atoms with Gasteiger partial charge in [0.1, 0.15) is 6.54 Å². The lowest BCUT2D eigenvalue weighted by Crippen LogP contribution is -2.34. The molecule has 1 saturated carbocycles. The van der Waals surface area contributed by atoms with Gasteiger partial charge in [0.05, 0.1) is 6.61 Å². The molecule has 0 atom stereocenters. The molecule has 18 heavy (non-hydrogen) atoms. The van der Waals surface area contributed by atoms with Crippen LogP contribution < -0.4 is 4.90 Å². The SMILES string of the molecule is CCOC(=O)CN(c1ncc(Br)cc1F)C1CC1. The van der Waals surface area contributed by atoms with Crippen molar-refractivity contribution in [3.63, 3.8) is 0 Å². The number of rotatable bonds is 5. The fourth-order valence-electron chi connectivity index (χ4n) is 1.73. The van der Waals surface area contributed by atoms with Crippen LogP contribution in [0.3, 0.4) is 0 Å². The number of aromatic nitrogens is 1. The molecule has 1 aromatic rings. The van der Waals surface area contributed by atoms with Gasteiger partial charge in [-0.15, -0.1) is 0 Å². The molecule has 0 bridgehead atoms. The molecule has 0 amide bonds. The third-order valence-corrected chi connectivity index (χ3v) is 3.09. The molecule has 1 aliphatic rings. The second kappa shape index (κ2) is 5.65. The Morgan fingerprint density at radius 3 is 2.94 bits per heavy atom. The van der Waals surface area contributed by atoms with Crippen LogP contribution in [0, 0.1) is 5.82 Å². The molecule has 1 heterocycles. The van der Waals surface area contributed by atoms with Crippen molar-refractivity contribution >= 4 is 27.7 Å². The molecule has 0 aliphatic heterocycles. The summed E-state index contributed by atoms with van der Waals surface area (Å²) in [5.74, 6) is -0.567. The Balaban J connectivity index is 2.16. The van der Waals surface area contributed by atoms with E-state index >= 15 is 0 Å². The van der Waals surface area contributed by atoms with Crippen LogP contribution in [0.5, 0.6) is 0 Å². The third-order valence-electron chi connectivity index (χ3n) is 2.65. The van der Waals surface area contributed by atoms with Gasteiger partial charge in [0, 0.05) is 16.7 Å². The summed E-state index contributed by atoms with van der Waals surface area (Å²) in [6.45, 7) is 2.12. The predicted octanol–water partition coefficient (Wildman–Crippen LogP) is 2.52. The summed E-state index contributed by atoms with van der Waals surface area (Å²) in [6, 6.07) is 1.54. The lowest BCUT2D eigenvalue weighted by atomic mass is 10.3. The van der Waals surface area contributed by atoms with E-state index in [1.54, 1.807) is 11.8 Å². The molecule has 0 N–H and O–H groups in total. The molecule has 0 spiro atoms. The van der Waals surface area contributed by atoms with E-state index in [1.165, 1.54) is 12.3 Å². The number of nitrogens with zero attached hydrogens (tertiary/aromatic N) is 2. The largest absolute Gasteiger partial charge is 0.465 e. The van der Waals surface area contributed by atoms with Crippen molar-refractivity contribution in [3.8, 4) is 0 Å². The molecular weight excluding hydrogens is 303 g/mol. The Bertz CT molecular complexity index is 452. The highest BCUT2D eigenvalue weighted by molar-refractivity contribution is 9.10. The standard InChI is InChI=1S/C12H14BrFN2O2/c1-2-18-11(17)7-16(9-3-4-9)12-10(14)5-8(13)6-15-12/h5-6,9H,2-4,7H2,1H3. The van der Waals surface area contributed by atoms with Gasteiger partial charge in [-0.3, -0.25) is 4.79 Å². The number of carbonyl (C=O) groups excluding carboxylic acids is 1. The number of esters is 1. The van der Waals surface area contributed by atoms with Gasteiger partial charge in [0.15, 0.2) is 11.6 Å². The van der Waals surface area contributed by atoms with Crippen molar-refractivity contribution in [1.82, 2.24) is 4.98 Å². The van der Waals surface area contributed by atoms with Gasteiger partial charge < -0.3 is 9.64 Å². The quantitative estimate of drug-likeness (QED) is 0.783. The van der Waals surface area contributed by atoms with Crippen molar-refractivity contribution in [2.45, 2.75) is 25.8 Å². The van der Waals surface area contributed by atoms with Gasteiger partial charge in [0.2, 0.25) is 0 Å². The molecule has 0 unspecified atom stereocenters. The highest BCUT2D eigenvalue weighted by Gasteiger charge is 2.33. The van der Waals surface area contributed by atoms with Gasteiger partial charge in [0.25, 0.3) is 0 Å². The molecule has 1 aromatic heterocycles. The number of hydrogen-bond donors (Lipinski definition) is 0. The van der Waals surface area contributed by atoms with E-state index in [-0.39, 0.29) is 24.4 Å². The topological polar surface area (TPSA) is 42.4 Å². The van der Waals surface area contributed by atoms with E-state index in [0.717, 1.165) is 12.8 Å². The van der Waals surface area contributed by atoms with Crippen molar-refractivity contribution in [2.75, 3.05) is 18.1 Å².